The summed E-state index contributed by atoms with van der Waals surface area (Å²) < 4.78 is 0. The quantitative estimate of drug-likeness (QED) is 0.825. The molecule has 1 fully saturated rings. The summed E-state index contributed by atoms with van der Waals surface area (Å²) in [6.45, 7) is 5.64. The molecule has 1 aromatic rings. The van der Waals surface area contributed by atoms with E-state index in [1.807, 2.05) is 16.3 Å². The van der Waals surface area contributed by atoms with Crippen LogP contribution >= 0.6 is 11.3 Å². The average Bonchev–Trinajstić information content (AvgIpc) is 3.07. The van der Waals surface area contributed by atoms with Crippen molar-refractivity contribution in [3.63, 3.8) is 0 Å². The van der Waals surface area contributed by atoms with Gasteiger partial charge in [-0.3, -0.25) is 14.5 Å². The number of hydrogen-bond donors (Lipinski definition) is 1. The molecule has 1 aromatic heterocycles. The van der Waals surface area contributed by atoms with Crippen molar-refractivity contribution in [1.82, 2.24) is 15.1 Å². The van der Waals surface area contributed by atoms with Crippen LogP contribution in [0, 0.1) is 12.3 Å². The van der Waals surface area contributed by atoms with E-state index in [0.29, 0.717) is 18.0 Å². The lowest BCUT2D eigenvalue weighted by Gasteiger charge is -2.35. The first-order valence-corrected chi connectivity index (χ1v) is 8.28. The maximum absolute atomic E-state index is 12.4. The number of amides is 2. The number of piperazine rings is 1. The molecular formula is C16H21N3O2S. The van der Waals surface area contributed by atoms with Crippen LogP contribution < -0.4 is 5.32 Å². The van der Waals surface area contributed by atoms with E-state index < -0.39 is 6.04 Å². The number of carbonyl (C=O) groups excluding carboxylic acids is 2. The van der Waals surface area contributed by atoms with Crippen LogP contribution in [0.25, 0.3) is 0 Å². The maximum atomic E-state index is 12.4. The third-order valence-corrected chi connectivity index (χ3v) is 4.59. The molecule has 118 valence electrons. The van der Waals surface area contributed by atoms with Crippen molar-refractivity contribution in [2.75, 3.05) is 32.7 Å². The van der Waals surface area contributed by atoms with Crippen molar-refractivity contribution in [2.24, 2.45) is 0 Å². The summed E-state index contributed by atoms with van der Waals surface area (Å²) in [5.74, 6) is 2.42. The number of thiophene rings is 1. The second-order valence-corrected chi connectivity index (χ2v) is 6.24. The molecular weight excluding hydrogens is 298 g/mol. The van der Waals surface area contributed by atoms with E-state index in [0.717, 1.165) is 26.1 Å². The number of terminal acetylenes is 1. The van der Waals surface area contributed by atoms with E-state index in [2.05, 4.69) is 16.1 Å². The van der Waals surface area contributed by atoms with Gasteiger partial charge in [-0.2, -0.15) is 0 Å². The summed E-state index contributed by atoms with van der Waals surface area (Å²) >= 11 is 1.37. The van der Waals surface area contributed by atoms with Crippen LogP contribution in [0.15, 0.2) is 17.5 Å². The smallest absolute Gasteiger partial charge is 0.261 e. The highest BCUT2D eigenvalue weighted by Crippen LogP contribution is 2.09. The maximum Gasteiger partial charge on any atom is 0.261 e. The summed E-state index contributed by atoms with van der Waals surface area (Å²) in [4.78, 5) is 29.1. The molecule has 2 heterocycles. The summed E-state index contributed by atoms with van der Waals surface area (Å²) in [7, 11) is 0. The minimum atomic E-state index is -0.508. The Morgan fingerprint density at radius 1 is 1.41 bits per heavy atom. The zero-order chi connectivity index (χ0) is 15.9. The topological polar surface area (TPSA) is 52.6 Å². The Morgan fingerprint density at radius 2 is 2.14 bits per heavy atom. The predicted octanol–water partition coefficient (Wildman–Crippen LogP) is 1.03. The van der Waals surface area contributed by atoms with Crippen LogP contribution in [0.4, 0.5) is 0 Å². The normalized spacial score (nSPS) is 16.8. The first kappa shape index (κ1) is 16.5. The van der Waals surface area contributed by atoms with Crippen LogP contribution in [0.5, 0.6) is 0 Å². The molecule has 0 spiro atoms. The van der Waals surface area contributed by atoms with Gasteiger partial charge in [-0.25, -0.2) is 0 Å². The van der Waals surface area contributed by atoms with Crippen molar-refractivity contribution in [2.45, 2.75) is 19.4 Å². The monoisotopic (exact) mass is 319 g/mol. The highest BCUT2D eigenvalue weighted by molar-refractivity contribution is 7.12. The fourth-order valence-electron chi connectivity index (χ4n) is 2.43. The molecule has 0 saturated carbocycles. The zero-order valence-corrected chi connectivity index (χ0v) is 13.6. The van der Waals surface area contributed by atoms with Crippen molar-refractivity contribution >= 4 is 23.2 Å². The van der Waals surface area contributed by atoms with Gasteiger partial charge < -0.3 is 10.2 Å². The minimum absolute atomic E-state index is 0.0264. The van der Waals surface area contributed by atoms with E-state index in [1.54, 1.807) is 13.0 Å². The van der Waals surface area contributed by atoms with Gasteiger partial charge in [0.05, 0.1) is 4.88 Å². The average molecular weight is 319 g/mol. The Kier molecular flexibility index (Phi) is 5.99. The number of hydrogen-bond acceptors (Lipinski definition) is 4. The van der Waals surface area contributed by atoms with Gasteiger partial charge >= 0.3 is 0 Å². The van der Waals surface area contributed by atoms with E-state index >= 15 is 0 Å². The molecule has 22 heavy (non-hydrogen) atoms. The van der Waals surface area contributed by atoms with Gasteiger partial charge in [0.1, 0.15) is 6.04 Å². The van der Waals surface area contributed by atoms with Crippen molar-refractivity contribution in [1.29, 1.82) is 0 Å². The largest absolute Gasteiger partial charge is 0.340 e. The fraction of sp³-hybridized carbons (Fsp3) is 0.500. The number of carbonyl (C=O) groups is 2. The SMILES string of the molecule is C#CCCN1CCN(C(=O)[C@@H](C)NC(=O)c2cccs2)CC1. The van der Waals surface area contributed by atoms with Crippen LogP contribution in [0.1, 0.15) is 23.0 Å². The highest BCUT2D eigenvalue weighted by atomic mass is 32.1. The number of rotatable bonds is 5. The second kappa shape index (κ2) is 7.97. The van der Waals surface area contributed by atoms with Crippen LogP contribution in [-0.4, -0.2) is 60.4 Å². The molecule has 2 rings (SSSR count). The summed E-state index contributed by atoms with van der Waals surface area (Å²) in [5, 5.41) is 4.61. The predicted molar refractivity (Wildman–Crippen MR) is 87.7 cm³/mol. The molecule has 6 heteroatoms. The van der Waals surface area contributed by atoms with E-state index in [9.17, 15) is 9.59 Å². The summed E-state index contributed by atoms with van der Waals surface area (Å²) in [6.07, 6.45) is 6.00. The van der Waals surface area contributed by atoms with Gasteiger partial charge in [-0.1, -0.05) is 6.07 Å². The molecule has 1 aliphatic rings. The Bertz CT molecular complexity index is 542. The lowest BCUT2D eigenvalue weighted by molar-refractivity contribution is -0.134. The molecule has 5 nitrogen and oxygen atoms in total. The van der Waals surface area contributed by atoms with E-state index in [1.165, 1.54) is 11.3 Å². The molecule has 0 bridgehead atoms. The zero-order valence-electron chi connectivity index (χ0n) is 12.7. The minimum Gasteiger partial charge on any atom is -0.340 e. The van der Waals surface area contributed by atoms with E-state index in [-0.39, 0.29) is 11.8 Å². The Morgan fingerprint density at radius 3 is 2.73 bits per heavy atom. The Balaban J connectivity index is 1.79. The van der Waals surface area contributed by atoms with E-state index in [4.69, 9.17) is 6.42 Å². The lowest BCUT2D eigenvalue weighted by atomic mass is 10.2. The number of nitrogens with zero attached hydrogens (tertiary/aromatic N) is 2. The van der Waals surface area contributed by atoms with Gasteiger partial charge in [-0.05, 0) is 18.4 Å². The third kappa shape index (κ3) is 4.33. The Hall–Kier alpha value is -1.84. The van der Waals surface area contributed by atoms with Gasteiger partial charge in [0.2, 0.25) is 5.91 Å². The van der Waals surface area contributed by atoms with Crippen LogP contribution in [-0.2, 0) is 4.79 Å². The third-order valence-electron chi connectivity index (χ3n) is 3.72. The summed E-state index contributed by atoms with van der Waals surface area (Å²) in [6, 6.07) is 3.06. The van der Waals surface area contributed by atoms with Crippen molar-refractivity contribution in [3.05, 3.63) is 22.4 Å². The lowest BCUT2D eigenvalue weighted by Crippen LogP contribution is -2.54. The van der Waals surface area contributed by atoms with Crippen LogP contribution in [0.2, 0.25) is 0 Å². The standard InChI is InChI=1S/C16H21N3O2S/c1-3-4-7-18-8-10-19(11-9-18)16(21)13(2)17-15(20)14-6-5-12-22-14/h1,5-6,12-13H,4,7-11H2,2H3,(H,17,20)/t13-/m1/s1. The van der Waals surface area contributed by atoms with Gasteiger partial charge in [0, 0.05) is 39.1 Å². The fourth-order valence-corrected chi connectivity index (χ4v) is 3.05. The molecule has 0 aliphatic carbocycles. The molecule has 0 radical (unpaired) electrons. The first-order valence-electron chi connectivity index (χ1n) is 7.41. The molecule has 1 N–H and O–H groups in total. The molecule has 0 aromatic carbocycles. The molecule has 0 unspecified atom stereocenters. The molecule has 1 aliphatic heterocycles. The van der Waals surface area contributed by atoms with Gasteiger partial charge in [0.15, 0.2) is 0 Å². The first-order chi connectivity index (χ1) is 10.6. The van der Waals surface area contributed by atoms with Crippen molar-refractivity contribution < 1.29 is 9.59 Å². The molecule has 1 saturated heterocycles. The molecule has 2 amide bonds. The highest BCUT2D eigenvalue weighted by Gasteiger charge is 2.25. The Labute approximate surface area is 135 Å². The van der Waals surface area contributed by atoms with Gasteiger partial charge in [0.25, 0.3) is 5.91 Å². The van der Waals surface area contributed by atoms with Crippen LogP contribution in [0.3, 0.4) is 0 Å². The van der Waals surface area contributed by atoms with Gasteiger partial charge in [-0.15, -0.1) is 23.7 Å². The number of nitrogens with one attached hydrogen (secondary N) is 1. The second-order valence-electron chi connectivity index (χ2n) is 5.29. The van der Waals surface area contributed by atoms with Crippen molar-refractivity contribution in [3.8, 4) is 12.3 Å². The summed E-state index contributed by atoms with van der Waals surface area (Å²) in [5.41, 5.74) is 0. The molecule has 1 atom stereocenters.